The predicted octanol–water partition coefficient (Wildman–Crippen LogP) is 6.28. The van der Waals surface area contributed by atoms with Crippen LogP contribution < -0.4 is 4.74 Å². The summed E-state index contributed by atoms with van der Waals surface area (Å²) in [5, 5.41) is 0. The molecule has 0 fully saturated rings. The molecule has 3 nitrogen and oxygen atoms in total. The zero-order valence-corrected chi connectivity index (χ0v) is 16.8. The molecule has 0 aliphatic heterocycles. The molecule has 0 radical (unpaired) electrons. The van der Waals surface area contributed by atoms with E-state index in [9.17, 15) is 0 Å². The molecule has 0 amide bonds. The van der Waals surface area contributed by atoms with Gasteiger partial charge in [0.05, 0.1) is 18.2 Å². The van der Waals surface area contributed by atoms with Crippen LogP contribution >= 0.6 is 0 Å². The number of ether oxygens (including phenoxy) is 1. The minimum Gasteiger partial charge on any atom is -0.490 e. The van der Waals surface area contributed by atoms with Gasteiger partial charge in [0.2, 0.25) is 0 Å². The van der Waals surface area contributed by atoms with Gasteiger partial charge in [0.15, 0.2) is 0 Å². The fraction of sp³-hybridized carbons (Fsp3) is 0.435. The first kappa shape index (κ1) is 20.0. The number of hydrogen-bond donors (Lipinski definition) is 0. The molecule has 140 valence electrons. The Morgan fingerprint density at radius 1 is 1.12 bits per heavy atom. The highest BCUT2D eigenvalue weighted by molar-refractivity contribution is 5.59. The lowest BCUT2D eigenvalue weighted by molar-refractivity contribution is 0.361. The minimum atomic E-state index is 0.595. The van der Waals surface area contributed by atoms with Gasteiger partial charge in [-0.2, -0.15) is 0 Å². The van der Waals surface area contributed by atoms with Crippen molar-refractivity contribution < 1.29 is 4.74 Å². The molecule has 0 N–H and O–H groups in total. The Kier molecular flexibility index (Phi) is 7.71. The van der Waals surface area contributed by atoms with Crippen LogP contribution in [0, 0.1) is 5.92 Å². The quantitative estimate of drug-likeness (QED) is 0.497. The third-order valence-corrected chi connectivity index (χ3v) is 4.20. The molecule has 0 saturated carbocycles. The molecule has 0 unspecified atom stereocenters. The highest BCUT2D eigenvalue weighted by Crippen LogP contribution is 2.23. The number of rotatable bonds is 9. The number of nitrogens with zero attached hydrogens (tertiary/aromatic N) is 2. The fourth-order valence-corrected chi connectivity index (χ4v) is 2.79. The van der Waals surface area contributed by atoms with Crippen molar-refractivity contribution in [3.05, 3.63) is 60.1 Å². The van der Waals surface area contributed by atoms with Gasteiger partial charge >= 0.3 is 0 Å². The number of benzene rings is 1. The molecule has 1 aromatic carbocycles. The molecule has 2 rings (SSSR count). The second kappa shape index (κ2) is 10.0. The molecule has 2 aromatic rings. The Labute approximate surface area is 158 Å². The highest BCUT2D eigenvalue weighted by Gasteiger charge is 2.06. The van der Waals surface area contributed by atoms with Crippen molar-refractivity contribution in [1.29, 1.82) is 0 Å². The number of imidazole rings is 1. The van der Waals surface area contributed by atoms with Crippen molar-refractivity contribution in [2.45, 2.75) is 54.0 Å². The van der Waals surface area contributed by atoms with Crippen LogP contribution in [-0.4, -0.2) is 16.2 Å². The Hall–Kier alpha value is -2.29. The summed E-state index contributed by atoms with van der Waals surface area (Å²) in [5.41, 5.74) is 5.07. The van der Waals surface area contributed by atoms with E-state index in [-0.39, 0.29) is 0 Å². The summed E-state index contributed by atoms with van der Waals surface area (Å²) in [5.74, 6) is 1.49. The van der Waals surface area contributed by atoms with E-state index in [1.54, 1.807) is 0 Å². The Balaban J connectivity index is 1.90. The van der Waals surface area contributed by atoms with Crippen molar-refractivity contribution >= 4 is 0 Å². The molecule has 0 atom stereocenters. The smallest absolute Gasteiger partial charge is 0.119 e. The van der Waals surface area contributed by atoms with Crippen LogP contribution in [0.2, 0.25) is 0 Å². The maximum Gasteiger partial charge on any atom is 0.119 e. The Bertz CT molecular complexity index is 732. The maximum absolute atomic E-state index is 5.86. The first-order chi connectivity index (χ1) is 12.5. The van der Waals surface area contributed by atoms with E-state index in [4.69, 9.17) is 4.74 Å². The molecule has 0 aliphatic rings. The van der Waals surface area contributed by atoms with Gasteiger partial charge in [0.1, 0.15) is 12.4 Å². The summed E-state index contributed by atoms with van der Waals surface area (Å²) in [6.45, 7) is 12.5. The summed E-state index contributed by atoms with van der Waals surface area (Å²) in [6, 6.07) is 8.28. The molecule has 0 saturated heterocycles. The van der Waals surface area contributed by atoms with Crippen molar-refractivity contribution in [3.8, 4) is 17.0 Å². The minimum absolute atomic E-state index is 0.595. The zero-order chi connectivity index (χ0) is 18.9. The average molecular weight is 353 g/mol. The number of hydrogen-bond acceptors (Lipinski definition) is 2. The van der Waals surface area contributed by atoms with E-state index in [1.807, 2.05) is 24.7 Å². The van der Waals surface area contributed by atoms with E-state index in [0.717, 1.165) is 30.8 Å². The van der Waals surface area contributed by atoms with E-state index in [2.05, 4.69) is 68.5 Å². The Morgan fingerprint density at radius 3 is 2.50 bits per heavy atom. The van der Waals surface area contributed by atoms with Crippen LogP contribution in [0.5, 0.6) is 5.75 Å². The molecule has 0 aliphatic carbocycles. The lowest BCUT2D eigenvalue weighted by Crippen LogP contribution is -2.04. The summed E-state index contributed by atoms with van der Waals surface area (Å²) < 4.78 is 8.06. The summed E-state index contributed by atoms with van der Waals surface area (Å²) in [6.07, 6.45) is 10.5. The third kappa shape index (κ3) is 6.55. The second-order valence-electron chi connectivity index (χ2n) is 7.53. The van der Waals surface area contributed by atoms with E-state index in [0.29, 0.717) is 12.5 Å². The van der Waals surface area contributed by atoms with Crippen molar-refractivity contribution in [2.75, 3.05) is 6.61 Å². The number of allylic oxidation sites excluding steroid dienone is 3. The maximum atomic E-state index is 5.86. The first-order valence-corrected chi connectivity index (χ1v) is 9.48. The third-order valence-electron chi connectivity index (χ3n) is 4.20. The van der Waals surface area contributed by atoms with Crippen molar-refractivity contribution in [2.24, 2.45) is 5.92 Å². The van der Waals surface area contributed by atoms with E-state index >= 15 is 0 Å². The van der Waals surface area contributed by atoms with Gasteiger partial charge < -0.3 is 9.30 Å². The lowest BCUT2D eigenvalue weighted by Gasteiger charge is -2.11. The van der Waals surface area contributed by atoms with Gasteiger partial charge in [-0.15, -0.1) is 0 Å². The van der Waals surface area contributed by atoms with E-state index < -0.39 is 0 Å². The average Bonchev–Trinajstić information content (AvgIpc) is 3.02. The van der Waals surface area contributed by atoms with Crippen LogP contribution in [0.15, 0.2) is 60.1 Å². The molecule has 26 heavy (non-hydrogen) atoms. The van der Waals surface area contributed by atoms with Gasteiger partial charge in [0, 0.05) is 12.1 Å². The lowest BCUT2D eigenvalue weighted by atomic mass is 10.1. The first-order valence-electron chi connectivity index (χ1n) is 9.48. The van der Waals surface area contributed by atoms with Gasteiger partial charge in [-0.1, -0.05) is 31.1 Å². The molecular formula is C23H32N2O. The van der Waals surface area contributed by atoms with Crippen molar-refractivity contribution in [1.82, 2.24) is 9.55 Å². The highest BCUT2D eigenvalue weighted by atomic mass is 16.5. The monoisotopic (exact) mass is 352 g/mol. The predicted molar refractivity (Wildman–Crippen MR) is 110 cm³/mol. The fourth-order valence-electron chi connectivity index (χ4n) is 2.79. The van der Waals surface area contributed by atoms with Gasteiger partial charge in [-0.05, 0) is 69.9 Å². The topological polar surface area (TPSA) is 27.1 Å². The molecule has 0 bridgehead atoms. The molecular weight excluding hydrogens is 320 g/mol. The van der Waals surface area contributed by atoms with Crippen LogP contribution in [0.3, 0.4) is 0 Å². The largest absolute Gasteiger partial charge is 0.490 e. The SMILES string of the molecule is CC(C)=CCC/C(C)=C/COc1ccc(-c2cncn2CC(C)C)cc1. The van der Waals surface area contributed by atoms with Gasteiger partial charge in [-0.3, -0.25) is 0 Å². The standard InChI is InChI=1S/C23H32N2O/c1-18(2)7-6-8-20(5)13-14-26-22-11-9-21(10-12-22)23-15-24-17-25(23)16-19(3)4/h7,9-13,15,17,19H,6,8,14,16H2,1-5H3/b20-13+. The second-order valence-corrected chi connectivity index (χ2v) is 7.53. The zero-order valence-electron chi connectivity index (χ0n) is 16.8. The molecule has 1 heterocycles. The number of aromatic nitrogens is 2. The summed E-state index contributed by atoms with van der Waals surface area (Å²) in [4.78, 5) is 4.30. The van der Waals surface area contributed by atoms with Gasteiger partial charge in [0.25, 0.3) is 0 Å². The molecule has 3 heteroatoms. The normalized spacial score (nSPS) is 11.7. The van der Waals surface area contributed by atoms with Gasteiger partial charge in [-0.25, -0.2) is 4.98 Å². The van der Waals surface area contributed by atoms with Crippen LogP contribution in [0.25, 0.3) is 11.3 Å². The van der Waals surface area contributed by atoms with Crippen LogP contribution in [-0.2, 0) is 6.54 Å². The Morgan fingerprint density at radius 2 is 1.85 bits per heavy atom. The molecule has 1 aromatic heterocycles. The van der Waals surface area contributed by atoms with E-state index in [1.165, 1.54) is 16.7 Å². The van der Waals surface area contributed by atoms with Crippen LogP contribution in [0.4, 0.5) is 0 Å². The summed E-state index contributed by atoms with van der Waals surface area (Å²) >= 11 is 0. The van der Waals surface area contributed by atoms with Crippen molar-refractivity contribution in [3.63, 3.8) is 0 Å². The molecule has 0 spiro atoms. The van der Waals surface area contributed by atoms with Crippen LogP contribution in [0.1, 0.15) is 47.5 Å². The summed E-state index contributed by atoms with van der Waals surface area (Å²) in [7, 11) is 0.